The summed E-state index contributed by atoms with van der Waals surface area (Å²) in [5, 5.41) is 16.3. The van der Waals surface area contributed by atoms with Crippen molar-refractivity contribution in [1.29, 1.82) is 0 Å². The number of nitrogens with zero attached hydrogens (tertiary/aromatic N) is 2. The van der Waals surface area contributed by atoms with Gasteiger partial charge in [-0.3, -0.25) is 4.57 Å². The fraction of sp³-hybridized carbons (Fsp3) is 0.0600. The van der Waals surface area contributed by atoms with E-state index in [9.17, 15) is 0 Å². The van der Waals surface area contributed by atoms with E-state index in [2.05, 4.69) is 176 Å². The highest BCUT2D eigenvalue weighted by Crippen LogP contribution is 2.55. The van der Waals surface area contributed by atoms with Gasteiger partial charge in [-0.15, -0.1) is 0 Å². The maximum atomic E-state index is 5.66. The fourth-order valence-electron chi connectivity index (χ4n) is 9.93. The van der Waals surface area contributed by atoms with Gasteiger partial charge < -0.3 is 0 Å². The molecule has 0 aliphatic heterocycles. The Morgan fingerprint density at radius 3 is 1.71 bits per heavy atom. The second-order valence-corrected chi connectivity index (χ2v) is 15.0. The molecule has 0 saturated carbocycles. The maximum Gasteiger partial charge on any atom is 0.138 e. The first-order valence-corrected chi connectivity index (χ1v) is 18.2. The quantitative estimate of drug-likeness (QED) is 0.160. The number of hydrogen-bond donors (Lipinski definition) is 0. The van der Waals surface area contributed by atoms with Gasteiger partial charge >= 0.3 is 0 Å². The van der Waals surface area contributed by atoms with Gasteiger partial charge in [-0.05, 0) is 72.1 Å². The number of fused-ring (bicyclic) bond motifs is 20. The van der Waals surface area contributed by atoms with Crippen molar-refractivity contribution in [2.75, 3.05) is 0 Å². The number of hydrogen-bond acceptors (Lipinski definition) is 1. The lowest BCUT2D eigenvalue weighted by atomic mass is 9.81. The molecule has 12 rings (SSSR count). The lowest BCUT2D eigenvalue weighted by molar-refractivity contribution is 0.663. The molecule has 0 atom stereocenters. The van der Waals surface area contributed by atoms with E-state index >= 15 is 0 Å². The minimum atomic E-state index is -0.221. The second-order valence-electron chi connectivity index (χ2n) is 15.0. The van der Waals surface area contributed by atoms with E-state index in [0.717, 1.165) is 16.7 Å². The van der Waals surface area contributed by atoms with Crippen LogP contribution in [0.25, 0.3) is 104 Å². The lowest BCUT2D eigenvalue weighted by Gasteiger charge is -2.23. The molecule has 0 spiro atoms. The molecule has 0 unspecified atom stereocenters. The first-order valence-electron chi connectivity index (χ1n) is 18.2. The normalized spacial score (nSPS) is 13.7. The Morgan fingerprint density at radius 1 is 0.404 bits per heavy atom. The highest BCUT2D eigenvalue weighted by molar-refractivity contribution is 6.42. The zero-order chi connectivity index (χ0) is 34.3. The van der Waals surface area contributed by atoms with Crippen LogP contribution in [0.4, 0.5) is 0 Å². The van der Waals surface area contributed by atoms with E-state index in [1.807, 2.05) is 0 Å². The van der Waals surface area contributed by atoms with Crippen molar-refractivity contribution in [1.82, 2.24) is 9.55 Å². The van der Waals surface area contributed by atoms with Crippen molar-refractivity contribution in [3.63, 3.8) is 0 Å². The van der Waals surface area contributed by atoms with Crippen molar-refractivity contribution in [2.24, 2.45) is 0 Å². The van der Waals surface area contributed by atoms with E-state index in [0.29, 0.717) is 0 Å². The molecular weight excluding hydrogens is 629 g/mol. The molecule has 0 saturated heterocycles. The molecule has 2 heteroatoms. The van der Waals surface area contributed by atoms with Crippen LogP contribution in [0.2, 0.25) is 0 Å². The van der Waals surface area contributed by atoms with Gasteiger partial charge in [0.2, 0.25) is 0 Å². The molecule has 0 bridgehead atoms. The average Bonchev–Trinajstić information content (AvgIpc) is 3.66. The van der Waals surface area contributed by atoms with Crippen LogP contribution in [-0.4, -0.2) is 9.55 Å². The Hall–Kier alpha value is -6.51. The minimum absolute atomic E-state index is 0.221. The van der Waals surface area contributed by atoms with Crippen molar-refractivity contribution in [3.05, 3.63) is 169 Å². The standard InChI is InChI=1S/C50H32N2/c1-50(2)41-22-12-11-17-34(41)39-26-27-40-44-38-21-10-9-20-37(38)43-35-18-7-5-15-32(35)33-16-6-8-19-36(33)45(43)49(44)52(48(40)46(39)50)42-28-25-30-24-23-29-13-3-4-14-31(29)47(30)51-42/h3-28H,1-2H3. The van der Waals surface area contributed by atoms with Crippen LogP contribution in [0.5, 0.6) is 0 Å². The monoisotopic (exact) mass is 660 g/mol. The van der Waals surface area contributed by atoms with Gasteiger partial charge in [0.15, 0.2) is 0 Å². The van der Waals surface area contributed by atoms with Crippen LogP contribution in [0.1, 0.15) is 25.0 Å². The Balaban J connectivity index is 1.41. The molecule has 0 fully saturated rings. The smallest absolute Gasteiger partial charge is 0.138 e. The van der Waals surface area contributed by atoms with Gasteiger partial charge in [0, 0.05) is 37.7 Å². The Kier molecular flexibility index (Phi) is 5.34. The second kappa shape index (κ2) is 9.84. The molecule has 52 heavy (non-hydrogen) atoms. The van der Waals surface area contributed by atoms with Gasteiger partial charge in [0.25, 0.3) is 0 Å². The molecule has 2 aromatic heterocycles. The molecule has 1 aliphatic rings. The first-order chi connectivity index (χ1) is 25.6. The van der Waals surface area contributed by atoms with Gasteiger partial charge in [-0.25, -0.2) is 4.98 Å². The molecule has 11 aromatic rings. The van der Waals surface area contributed by atoms with Crippen molar-refractivity contribution in [3.8, 4) is 16.9 Å². The van der Waals surface area contributed by atoms with E-state index in [1.54, 1.807) is 0 Å². The summed E-state index contributed by atoms with van der Waals surface area (Å²) < 4.78 is 2.55. The number of benzene rings is 9. The number of pyridine rings is 1. The van der Waals surface area contributed by atoms with Gasteiger partial charge in [0.05, 0.1) is 16.6 Å². The molecule has 1 aliphatic carbocycles. The summed E-state index contributed by atoms with van der Waals surface area (Å²) in [6.07, 6.45) is 0. The first kappa shape index (κ1) is 28.2. The average molecular weight is 661 g/mol. The van der Waals surface area contributed by atoms with Crippen molar-refractivity contribution in [2.45, 2.75) is 19.3 Å². The largest absolute Gasteiger partial charge is 0.293 e. The highest BCUT2D eigenvalue weighted by Gasteiger charge is 2.39. The zero-order valence-corrected chi connectivity index (χ0v) is 28.9. The summed E-state index contributed by atoms with van der Waals surface area (Å²) in [6.45, 7) is 4.80. The summed E-state index contributed by atoms with van der Waals surface area (Å²) >= 11 is 0. The number of aromatic nitrogens is 2. The number of rotatable bonds is 1. The Bertz CT molecular complexity index is 3380. The maximum absolute atomic E-state index is 5.66. The Labute approximate surface area is 300 Å². The Morgan fingerprint density at radius 2 is 0.962 bits per heavy atom. The summed E-state index contributed by atoms with van der Waals surface area (Å²) in [4.78, 5) is 5.66. The van der Waals surface area contributed by atoms with Crippen LogP contribution in [0.3, 0.4) is 0 Å². The SMILES string of the molecule is CC1(C)c2ccccc2-c2ccc3c4c5ccccc5c5c6ccccc6c6ccccc6c5c4n(-c4ccc5ccc6ccccc6c5n4)c3c21. The van der Waals surface area contributed by atoms with Gasteiger partial charge in [-0.2, -0.15) is 0 Å². The van der Waals surface area contributed by atoms with Crippen LogP contribution < -0.4 is 0 Å². The van der Waals surface area contributed by atoms with E-state index in [1.165, 1.54) is 97.9 Å². The molecule has 242 valence electrons. The summed E-state index contributed by atoms with van der Waals surface area (Å²) in [5.41, 5.74) is 8.65. The zero-order valence-electron chi connectivity index (χ0n) is 28.9. The van der Waals surface area contributed by atoms with Crippen LogP contribution in [-0.2, 0) is 5.41 Å². The molecule has 9 aromatic carbocycles. The molecule has 0 radical (unpaired) electrons. The summed E-state index contributed by atoms with van der Waals surface area (Å²) in [7, 11) is 0. The van der Waals surface area contributed by atoms with Crippen molar-refractivity contribution < 1.29 is 0 Å². The van der Waals surface area contributed by atoms with E-state index in [4.69, 9.17) is 4.98 Å². The molecular formula is C50H32N2. The third-order valence-corrected chi connectivity index (χ3v) is 12.1. The van der Waals surface area contributed by atoms with Gasteiger partial charge in [0.1, 0.15) is 5.82 Å². The molecule has 0 N–H and O–H groups in total. The molecule has 2 nitrogen and oxygen atoms in total. The fourth-order valence-corrected chi connectivity index (χ4v) is 9.93. The third-order valence-electron chi connectivity index (χ3n) is 12.1. The van der Waals surface area contributed by atoms with Crippen molar-refractivity contribution >= 4 is 86.6 Å². The van der Waals surface area contributed by atoms with Crippen LogP contribution >= 0.6 is 0 Å². The van der Waals surface area contributed by atoms with E-state index < -0.39 is 0 Å². The predicted molar refractivity (Wildman–Crippen MR) is 221 cm³/mol. The highest BCUT2D eigenvalue weighted by atomic mass is 15.1. The lowest BCUT2D eigenvalue weighted by Crippen LogP contribution is -2.16. The van der Waals surface area contributed by atoms with E-state index in [-0.39, 0.29) is 5.41 Å². The van der Waals surface area contributed by atoms with Crippen LogP contribution in [0, 0.1) is 0 Å². The molecule has 2 heterocycles. The van der Waals surface area contributed by atoms with Crippen LogP contribution in [0.15, 0.2) is 158 Å². The molecule has 0 amide bonds. The summed E-state index contributed by atoms with van der Waals surface area (Å²) in [6, 6.07) is 58.3. The minimum Gasteiger partial charge on any atom is -0.293 e. The van der Waals surface area contributed by atoms with Gasteiger partial charge in [-0.1, -0.05) is 159 Å². The summed E-state index contributed by atoms with van der Waals surface area (Å²) in [5.74, 6) is 0.942. The predicted octanol–water partition coefficient (Wildman–Crippen LogP) is 13.4. The topological polar surface area (TPSA) is 17.8 Å². The third kappa shape index (κ3) is 3.42.